The number of benzene rings is 1. The van der Waals surface area contributed by atoms with Gasteiger partial charge in [-0.2, -0.15) is 0 Å². The lowest BCUT2D eigenvalue weighted by Crippen LogP contribution is -2.24. The summed E-state index contributed by atoms with van der Waals surface area (Å²) in [5, 5.41) is 7.97. The average molecular weight is 458 g/mol. The molecule has 0 saturated carbocycles. The smallest absolute Gasteiger partial charge is 0.251 e. The first kappa shape index (κ1) is 21.3. The number of carbonyl (C=O) groups is 1. The third kappa shape index (κ3) is 4.39. The third-order valence-electron chi connectivity index (χ3n) is 6.18. The van der Waals surface area contributed by atoms with Crippen LogP contribution in [0.3, 0.4) is 0 Å². The molecule has 4 aromatic rings. The van der Waals surface area contributed by atoms with Crippen molar-refractivity contribution in [3.8, 4) is 0 Å². The molecule has 1 aromatic carbocycles. The monoisotopic (exact) mass is 457 g/mol. The molecule has 0 saturated heterocycles. The largest absolute Gasteiger partial charge is 0.369 e. The summed E-state index contributed by atoms with van der Waals surface area (Å²) in [6.07, 6.45) is 4.92. The van der Waals surface area contributed by atoms with Gasteiger partial charge in [0.05, 0.1) is 10.5 Å². The van der Waals surface area contributed by atoms with Crippen molar-refractivity contribution in [1.29, 1.82) is 0 Å². The third-order valence-corrected chi connectivity index (χ3v) is 6.38. The van der Waals surface area contributed by atoms with Crippen molar-refractivity contribution in [2.75, 3.05) is 11.9 Å². The Balaban J connectivity index is 1.31. The summed E-state index contributed by atoms with van der Waals surface area (Å²) in [6, 6.07) is 11.6. The fourth-order valence-corrected chi connectivity index (χ4v) is 4.58. The van der Waals surface area contributed by atoms with E-state index in [9.17, 15) is 4.79 Å². The van der Waals surface area contributed by atoms with Crippen molar-refractivity contribution in [3.05, 3.63) is 93.0 Å². The van der Waals surface area contributed by atoms with Gasteiger partial charge < -0.3 is 10.6 Å². The number of pyridine rings is 3. The van der Waals surface area contributed by atoms with Crippen LogP contribution in [-0.4, -0.2) is 27.4 Å². The fourth-order valence-electron chi connectivity index (χ4n) is 4.41. The van der Waals surface area contributed by atoms with Crippen LogP contribution in [0.2, 0.25) is 5.02 Å². The molecule has 2 N–H and O–H groups in total. The Labute approximate surface area is 197 Å². The van der Waals surface area contributed by atoms with Gasteiger partial charge >= 0.3 is 0 Å². The van der Waals surface area contributed by atoms with E-state index in [1.807, 2.05) is 31.2 Å². The molecule has 1 aliphatic heterocycles. The van der Waals surface area contributed by atoms with Gasteiger partial charge in [-0.05, 0) is 72.9 Å². The van der Waals surface area contributed by atoms with Crippen LogP contribution in [0, 0.1) is 13.8 Å². The summed E-state index contributed by atoms with van der Waals surface area (Å²) < 4.78 is 0. The second-order valence-corrected chi connectivity index (χ2v) is 8.82. The van der Waals surface area contributed by atoms with E-state index in [1.54, 1.807) is 18.5 Å². The van der Waals surface area contributed by atoms with E-state index < -0.39 is 0 Å². The Morgan fingerprint density at radius 3 is 2.91 bits per heavy atom. The van der Waals surface area contributed by atoms with Crippen LogP contribution in [-0.2, 0) is 19.4 Å². The van der Waals surface area contributed by atoms with E-state index in [1.165, 1.54) is 11.1 Å². The Bertz CT molecular complexity index is 1380. The van der Waals surface area contributed by atoms with Crippen molar-refractivity contribution in [3.63, 3.8) is 0 Å². The number of nitrogens with one attached hydrogen (secondary N) is 2. The van der Waals surface area contributed by atoms with E-state index in [0.29, 0.717) is 23.6 Å². The van der Waals surface area contributed by atoms with Crippen LogP contribution >= 0.6 is 11.6 Å². The number of hydrogen-bond donors (Lipinski definition) is 2. The second kappa shape index (κ2) is 8.79. The van der Waals surface area contributed by atoms with Crippen molar-refractivity contribution >= 4 is 34.2 Å². The van der Waals surface area contributed by atoms with Crippen molar-refractivity contribution in [2.45, 2.75) is 33.2 Å². The number of amides is 1. The molecule has 0 atom stereocenters. The van der Waals surface area contributed by atoms with E-state index in [2.05, 4.69) is 38.6 Å². The van der Waals surface area contributed by atoms with Crippen molar-refractivity contribution in [2.24, 2.45) is 0 Å². The van der Waals surface area contributed by atoms with Gasteiger partial charge in [0.25, 0.3) is 5.91 Å². The molecule has 1 amide bonds. The van der Waals surface area contributed by atoms with Crippen LogP contribution in [0.4, 0.5) is 5.82 Å². The zero-order valence-electron chi connectivity index (χ0n) is 18.6. The maximum Gasteiger partial charge on any atom is 0.251 e. The Morgan fingerprint density at radius 2 is 2.03 bits per heavy atom. The van der Waals surface area contributed by atoms with Crippen LogP contribution in [0.5, 0.6) is 0 Å². The Hall–Kier alpha value is -3.51. The predicted octanol–water partition coefficient (Wildman–Crippen LogP) is 4.78. The number of aromatic nitrogens is 3. The number of rotatable bonds is 5. The minimum atomic E-state index is -0.120. The minimum absolute atomic E-state index is 0.120. The van der Waals surface area contributed by atoms with E-state index in [-0.39, 0.29) is 5.91 Å². The highest BCUT2D eigenvalue weighted by atomic mass is 35.5. The Kier molecular flexibility index (Phi) is 5.68. The van der Waals surface area contributed by atoms with Gasteiger partial charge in [-0.3, -0.25) is 14.8 Å². The Morgan fingerprint density at radius 1 is 1.15 bits per heavy atom. The average Bonchev–Trinajstić information content (AvgIpc) is 3.27. The molecule has 0 radical (unpaired) electrons. The molecule has 0 aliphatic carbocycles. The lowest BCUT2D eigenvalue weighted by molar-refractivity contribution is 0.0950. The maximum absolute atomic E-state index is 12.9. The summed E-state index contributed by atoms with van der Waals surface area (Å²) in [7, 11) is 0. The minimum Gasteiger partial charge on any atom is -0.369 e. The molecule has 0 fully saturated rings. The molecule has 166 valence electrons. The number of fused-ring (bicyclic) bond motifs is 2. The van der Waals surface area contributed by atoms with Crippen LogP contribution in [0.15, 0.2) is 48.8 Å². The number of aryl methyl sites for hydroxylation is 1. The van der Waals surface area contributed by atoms with Crippen molar-refractivity contribution < 1.29 is 4.79 Å². The summed E-state index contributed by atoms with van der Waals surface area (Å²) in [5.41, 5.74) is 7.90. The van der Waals surface area contributed by atoms with Gasteiger partial charge in [-0.15, -0.1) is 0 Å². The van der Waals surface area contributed by atoms with Gasteiger partial charge in [0, 0.05) is 54.2 Å². The topological polar surface area (TPSA) is 79.8 Å². The number of halogens is 1. The lowest BCUT2D eigenvalue weighted by atomic mass is 10.0. The quantitative estimate of drug-likeness (QED) is 0.450. The zero-order valence-corrected chi connectivity index (χ0v) is 19.3. The van der Waals surface area contributed by atoms with Crippen molar-refractivity contribution in [1.82, 2.24) is 20.3 Å². The molecule has 1 aliphatic rings. The normalized spacial score (nSPS) is 12.5. The number of carbonyl (C=O) groups excluding carboxylic acids is 1. The second-order valence-electron chi connectivity index (χ2n) is 8.38. The standard InChI is InChI=1S/C26H24ClN5O/c1-15-22-6-8-29-25(22)32-16(2)23(15)14-31-26(33)18-5-7-28-21(12-18)10-17-3-4-24-19(9-17)11-20(27)13-30-24/h3-5,7,9,11-13H,6,8,10,14H2,1-2H3,(H,29,32)(H,31,33). The molecule has 0 unspecified atom stereocenters. The highest BCUT2D eigenvalue weighted by Crippen LogP contribution is 2.27. The predicted molar refractivity (Wildman–Crippen MR) is 131 cm³/mol. The first-order chi connectivity index (χ1) is 16.0. The van der Waals surface area contributed by atoms with Gasteiger partial charge in [0.2, 0.25) is 0 Å². The molecule has 5 rings (SSSR count). The highest BCUT2D eigenvalue weighted by molar-refractivity contribution is 6.31. The van der Waals surface area contributed by atoms with Crippen LogP contribution in [0.25, 0.3) is 10.9 Å². The summed E-state index contributed by atoms with van der Waals surface area (Å²) >= 11 is 6.08. The number of hydrogen-bond acceptors (Lipinski definition) is 5. The summed E-state index contributed by atoms with van der Waals surface area (Å²) in [5.74, 6) is 0.858. The summed E-state index contributed by atoms with van der Waals surface area (Å²) in [6.45, 7) is 5.47. The van der Waals surface area contributed by atoms with Gasteiger partial charge in [0.15, 0.2) is 0 Å². The van der Waals surface area contributed by atoms with E-state index in [4.69, 9.17) is 11.6 Å². The molecule has 7 heteroatoms. The molecular weight excluding hydrogens is 434 g/mol. The van der Waals surface area contributed by atoms with Crippen LogP contribution < -0.4 is 10.6 Å². The lowest BCUT2D eigenvalue weighted by Gasteiger charge is -2.14. The molecule has 3 aromatic heterocycles. The number of anilines is 1. The molecule has 0 spiro atoms. The van der Waals surface area contributed by atoms with E-state index in [0.717, 1.165) is 52.2 Å². The maximum atomic E-state index is 12.9. The highest BCUT2D eigenvalue weighted by Gasteiger charge is 2.19. The molecule has 4 heterocycles. The molecule has 0 bridgehead atoms. The number of nitrogens with zero attached hydrogens (tertiary/aromatic N) is 3. The molecule has 6 nitrogen and oxygen atoms in total. The SMILES string of the molecule is Cc1nc2c(c(C)c1CNC(=O)c1ccnc(Cc3ccc4ncc(Cl)cc4c3)c1)CCN2. The van der Waals surface area contributed by atoms with Gasteiger partial charge in [0.1, 0.15) is 5.82 Å². The molecular formula is C26H24ClN5O. The molecule has 33 heavy (non-hydrogen) atoms. The zero-order chi connectivity index (χ0) is 22.9. The van der Waals surface area contributed by atoms with Gasteiger partial charge in [-0.1, -0.05) is 17.7 Å². The fraction of sp³-hybridized carbons (Fsp3) is 0.231. The first-order valence-corrected chi connectivity index (χ1v) is 11.4. The van der Waals surface area contributed by atoms with E-state index >= 15 is 0 Å². The van der Waals surface area contributed by atoms with Crippen LogP contribution in [0.1, 0.15) is 44.0 Å². The van der Waals surface area contributed by atoms with Gasteiger partial charge in [-0.25, -0.2) is 4.98 Å². The summed E-state index contributed by atoms with van der Waals surface area (Å²) in [4.78, 5) is 26.4. The first-order valence-electron chi connectivity index (χ1n) is 11.0.